The van der Waals surface area contributed by atoms with Crippen molar-refractivity contribution in [3.63, 3.8) is 0 Å². The molecule has 0 amide bonds. The highest BCUT2D eigenvalue weighted by Gasteiger charge is 2.32. The standard InChI is InChI=1S/C11H13BrFNO3S/c1-17-8-4-7(5-8)14-18(15,16)9-2-3-10(12)11(13)6-9/h2-3,6-8,14H,4-5H2,1H3. The van der Waals surface area contributed by atoms with Gasteiger partial charge in [-0.05, 0) is 47.0 Å². The normalized spacial score (nSPS) is 23.7. The van der Waals surface area contributed by atoms with E-state index in [1.54, 1.807) is 7.11 Å². The molecule has 0 aromatic heterocycles. The monoisotopic (exact) mass is 337 g/mol. The number of sulfonamides is 1. The van der Waals surface area contributed by atoms with Crippen LogP contribution in [-0.4, -0.2) is 27.7 Å². The first kappa shape index (κ1) is 13.9. The Morgan fingerprint density at radius 3 is 2.67 bits per heavy atom. The molecule has 0 bridgehead atoms. The van der Waals surface area contributed by atoms with Crippen LogP contribution in [-0.2, 0) is 14.8 Å². The second kappa shape index (κ2) is 5.24. The van der Waals surface area contributed by atoms with E-state index in [0.29, 0.717) is 12.8 Å². The van der Waals surface area contributed by atoms with Gasteiger partial charge in [0.25, 0.3) is 0 Å². The maximum absolute atomic E-state index is 13.3. The summed E-state index contributed by atoms with van der Waals surface area (Å²) in [6.07, 6.45) is 1.41. The van der Waals surface area contributed by atoms with Crippen LogP contribution in [0.3, 0.4) is 0 Å². The van der Waals surface area contributed by atoms with Gasteiger partial charge in [-0.3, -0.25) is 0 Å². The van der Waals surface area contributed by atoms with Crippen LogP contribution in [0.15, 0.2) is 27.6 Å². The summed E-state index contributed by atoms with van der Waals surface area (Å²) in [7, 11) is -2.06. The predicted octanol–water partition coefficient (Wildman–Crippen LogP) is 2.04. The van der Waals surface area contributed by atoms with Crippen LogP contribution in [0.25, 0.3) is 0 Å². The molecule has 1 fully saturated rings. The first-order valence-corrected chi connectivity index (χ1v) is 7.70. The van der Waals surface area contributed by atoms with Gasteiger partial charge >= 0.3 is 0 Å². The van der Waals surface area contributed by atoms with Crippen molar-refractivity contribution in [1.82, 2.24) is 4.72 Å². The Balaban J connectivity index is 2.09. The van der Waals surface area contributed by atoms with Crippen molar-refractivity contribution in [3.05, 3.63) is 28.5 Å². The van der Waals surface area contributed by atoms with Crippen molar-refractivity contribution in [3.8, 4) is 0 Å². The number of ether oxygens (including phenoxy) is 1. The van der Waals surface area contributed by atoms with Crippen LogP contribution in [0.2, 0.25) is 0 Å². The minimum Gasteiger partial charge on any atom is -0.381 e. The maximum Gasteiger partial charge on any atom is 0.240 e. The van der Waals surface area contributed by atoms with Gasteiger partial charge in [0, 0.05) is 13.2 Å². The van der Waals surface area contributed by atoms with E-state index >= 15 is 0 Å². The van der Waals surface area contributed by atoms with Gasteiger partial charge < -0.3 is 4.74 Å². The Hall–Kier alpha value is -0.500. The molecule has 0 spiro atoms. The molecule has 7 heteroatoms. The Morgan fingerprint density at radius 2 is 2.11 bits per heavy atom. The quantitative estimate of drug-likeness (QED) is 0.914. The van der Waals surface area contributed by atoms with Gasteiger partial charge in [-0.15, -0.1) is 0 Å². The number of hydrogen-bond donors (Lipinski definition) is 1. The van der Waals surface area contributed by atoms with Gasteiger partial charge in [0.15, 0.2) is 0 Å². The van der Waals surface area contributed by atoms with E-state index < -0.39 is 15.8 Å². The lowest BCUT2D eigenvalue weighted by atomic mass is 9.90. The molecule has 18 heavy (non-hydrogen) atoms. The van der Waals surface area contributed by atoms with Crippen molar-refractivity contribution in [1.29, 1.82) is 0 Å². The number of benzene rings is 1. The first-order valence-electron chi connectivity index (χ1n) is 5.42. The second-order valence-corrected chi connectivity index (χ2v) is 6.79. The molecular formula is C11H13BrFNO3S. The van der Waals surface area contributed by atoms with Crippen molar-refractivity contribution >= 4 is 26.0 Å². The molecule has 0 radical (unpaired) electrons. The number of hydrogen-bond acceptors (Lipinski definition) is 3. The topological polar surface area (TPSA) is 55.4 Å². The van der Waals surface area contributed by atoms with Gasteiger partial charge in [-0.1, -0.05) is 0 Å². The molecule has 100 valence electrons. The average Bonchev–Trinajstić information content (AvgIpc) is 2.26. The van der Waals surface area contributed by atoms with Crippen LogP contribution in [0.1, 0.15) is 12.8 Å². The molecule has 0 unspecified atom stereocenters. The van der Waals surface area contributed by atoms with E-state index in [0.717, 1.165) is 6.07 Å². The van der Waals surface area contributed by atoms with Crippen LogP contribution < -0.4 is 4.72 Å². The van der Waals surface area contributed by atoms with Crippen LogP contribution >= 0.6 is 15.9 Å². The molecule has 0 heterocycles. The summed E-state index contributed by atoms with van der Waals surface area (Å²) in [6, 6.07) is 3.61. The molecule has 1 aliphatic carbocycles. The zero-order valence-corrected chi connectivity index (χ0v) is 12.1. The summed E-state index contributed by atoms with van der Waals surface area (Å²) >= 11 is 2.98. The third kappa shape index (κ3) is 2.90. The molecule has 1 N–H and O–H groups in total. The van der Waals surface area contributed by atoms with E-state index in [4.69, 9.17) is 4.74 Å². The number of methoxy groups -OCH3 is 1. The van der Waals surface area contributed by atoms with Gasteiger partial charge in [0.05, 0.1) is 15.5 Å². The van der Waals surface area contributed by atoms with E-state index in [9.17, 15) is 12.8 Å². The predicted molar refractivity (Wildman–Crippen MR) is 68.2 cm³/mol. The molecule has 1 aromatic carbocycles. The molecule has 4 nitrogen and oxygen atoms in total. The summed E-state index contributed by atoms with van der Waals surface area (Å²) in [4.78, 5) is -0.0657. The lowest BCUT2D eigenvalue weighted by molar-refractivity contribution is 0.0236. The lowest BCUT2D eigenvalue weighted by Crippen LogP contribution is -2.47. The lowest BCUT2D eigenvalue weighted by Gasteiger charge is -2.34. The fourth-order valence-electron chi connectivity index (χ4n) is 1.79. The smallest absolute Gasteiger partial charge is 0.240 e. The summed E-state index contributed by atoms with van der Waals surface area (Å²) in [5.74, 6) is -0.596. The first-order chi connectivity index (χ1) is 8.42. The van der Waals surface area contributed by atoms with Gasteiger partial charge in [-0.2, -0.15) is 0 Å². The zero-order chi connectivity index (χ0) is 13.3. The van der Waals surface area contributed by atoms with Gasteiger partial charge in [0.1, 0.15) is 5.82 Å². The highest BCUT2D eigenvalue weighted by molar-refractivity contribution is 9.10. The molecule has 2 rings (SSSR count). The van der Waals surface area contributed by atoms with E-state index in [1.165, 1.54) is 12.1 Å². The molecule has 1 saturated carbocycles. The van der Waals surface area contributed by atoms with E-state index in [-0.39, 0.29) is 21.5 Å². The maximum atomic E-state index is 13.3. The van der Waals surface area contributed by atoms with Crippen molar-refractivity contribution in [2.24, 2.45) is 0 Å². The van der Waals surface area contributed by atoms with E-state index in [1.807, 2.05) is 0 Å². The van der Waals surface area contributed by atoms with Crippen molar-refractivity contribution in [2.45, 2.75) is 29.9 Å². The molecule has 0 atom stereocenters. The third-order valence-corrected chi connectivity index (χ3v) is 5.11. The largest absolute Gasteiger partial charge is 0.381 e. The Morgan fingerprint density at radius 1 is 1.44 bits per heavy atom. The number of rotatable bonds is 4. The van der Waals surface area contributed by atoms with Gasteiger partial charge in [0.2, 0.25) is 10.0 Å². The van der Waals surface area contributed by atoms with Crippen LogP contribution in [0.4, 0.5) is 4.39 Å². The van der Waals surface area contributed by atoms with Gasteiger partial charge in [-0.25, -0.2) is 17.5 Å². The Labute approximate surface area is 114 Å². The Kier molecular flexibility index (Phi) is 4.05. The van der Waals surface area contributed by atoms with Crippen molar-refractivity contribution < 1.29 is 17.5 Å². The summed E-state index contributed by atoms with van der Waals surface area (Å²) in [5.41, 5.74) is 0. The zero-order valence-electron chi connectivity index (χ0n) is 9.69. The number of nitrogens with one attached hydrogen (secondary N) is 1. The minimum atomic E-state index is -3.66. The van der Waals surface area contributed by atoms with Crippen LogP contribution in [0.5, 0.6) is 0 Å². The summed E-state index contributed by atoms with van der Waals surface area (Å²) in [6.45, 7) is 0. The minimum absolute atomic E-state index is 0.0657. The molecule has 0 saturated heterocycles. The summed E-state index contributed by atoms with van der Waals surface area (Å²) in [5, 5.41) is 0. The fourth-order valence-corrected chi connectivity index (χ4v) is 3.31. The third-order valence-electron chi connectivity index (χ3n) is 2.95. The highest BCUT2D eigenvalue weighted by Crippen LogP contribution is 2.25. The SMILES string of the molecule is COC1CC(NS(=O)(=O)c2ccc(Br)c(F)c2)C1. The number of halogens is 2. The fraction of sp³-hybridized carbons (Fsp3) is 0.455. The molecule has 1 aromatic rings. The molecule has 1 aliphatic rings. The Bertz CT molecular complexity index is 543. The van der Waals surface area contributed by atoms with Crippen molar-refractivity contribution in [2.75, 3.05) is 7.11 Å². The van der Waals surface area contributed by atoms with Crippen LogP contribution in [0, 0.1) is 5.82 Å². The molecular weight excluding hydrogens is 325 g/mol. The van der Waals surface area contributed by atoms with E-state index in [2.05, 4.69) is 20.7 Å². The highest BCUT2D eigenvalue weighted by atomic mass is 79.9. The average molecular weight is 338 g/mol. The molecule has 0 aliphatic heterocycles. The second-order valence-electron chi connectivity index (χ2n) is 4.22. The summed E-state index contributed by atoms with van der Waals surface area (Å²) < 4.78 is 45.1.